The Balaban J connectivity index is 1.91. The van der Waals surface area contributed by atoms with Crippen LogP contribution in [0.5, 0.6) is 0 Å². The Morgan fingerprint density at radius 3 is 1.35 bits per heavy atom. The second-order valence-corrected chi connectivity index (χ2v) is 9.44. The summed E-state index contributed by atoms with van der Waals surface area (Å²) in [7, 11) is 3.30. The Morgan fingerprint density at radius 1 is 0.710 bits per heavy atom. The smallest absolute Gasteiger partial charge is 0.237 e. The minimum Gasteiger partial charge on any atom is -0.348 e. The first-order valence-corrected chi connectivity index (χ1v) is 10.5. The summed E-state index contributed by atoms with van der Waals surface area (Å²) in [6, 6.07) is 19.4. The van der Waals surface area contributed by atoms with E-state index in [-0.39, 0.29) is 18.2 Å². The van der Waals surface area contributed by atoms with Crippen molar-refractivity contribution in [2.75, 3.05) is 14.1 Å². The van der Waals surface area contributed by atoms with E-state index >= 15 is 0 Å². The van der Waals surface area contributed by atoms with Crippen LogP contribution in [-0.4, -0.2) is 46.9 Å². The Morgan fingerprint density at radius 2 is 1.06 bits per heavy atom. The molecule has 0 spiro atoms. The molecule has 2 aromatic rings. The van der Waals surface area contributed by atoms with Gasteiger partial charge in [-0.25, -0.2) is 0 Å². The third-order valence-electron chi connectivity index (χ3n) is 6.37. The molecule has 0 aromatic heterocycles. The molecule has 164 valence electrons. The van der Waals surface area contributed by atoms with Gasteiger partial charge in [0.25, 0.3) is 0 Å². The van der Waals surface area contributed by atoms with Gasteiger partial charge < -0.3 is 14.4 Å². The third kappa shape index (κ3) is 3.08. The van der Waals surface area contributed by atoms with Crippen LogP contribution < -0.4 is 0 Å². The zero-order valence-corrected chi connectivity index (χ0v) is 19.0. The van der Waals surface area contributed by atoms with Crippen molar-refractivity contribution in [3.63, 3.8) is 0 Å². The molecular formula is C25H30N2O4. The second kappa shape index (κ2) is 6.90. The predicted molar refractivity (Wildman–Crippen MR) is 117 cm³/mol. The van der Waals surface area contributed by atoms with Crippen molar-refractivity contribution in [1.82, 2.24) is 9.80 Å². The summed E-state index contributed by atoms with van der Waals surface area (Å²) in [5, 5.41) is 0. The molecule has 2 aliphatic heterocycles. The van der Waals surface area contributed by atoms with Crippen LogP contribution in [0.4, 0.5) is 0 Å². The van der Waals surface area contributed by atoms with Gasteiger partial charge in [0, 0.05) is 25.2 Å². The summed E-state index contributed by atoms with van der Waals surface area (Å²) in [6.07, 6.45) is -0.269. The normalized spacial score (nSPS) is 27.3. The number of rotatable bonds is 6. The van der Waals surface area contributed by atoms with E-state index in [4.69, 9.17) is 9.47 Å². The van der Waals surface area contributed by atoms with Crippen LogP contribution in [0.25, 0.3) is 0 Å². The molecular weight excluding hydrogens is 392 g/mol. The molecule has 0 saturated carbocycles. The van der Waals surface area contributed by atoms with Gasteiger partial charge in [-0.2, -0.15) is 0 Å². The zero-order valence-electron chi connectivity index (χ0n) is 19.0. The molecule has 2 aliphatic rings. The fourth-order valence-electron chi connectivity index (χ4n) is 4.66. The van der Waals surface area contributed by atoms with Crippen LogP contribution in [0.15, 0.2) is 60.7 Å². The van der Waals surface area contributed by atoms with Crippen molar-refractivity contribution < 1.29 is 19.1 Å². The summed E-state index contributed by atoms with van der Waals surface area (Å²) in [5.74, 6) is -0.596. The predicted octanol–water partition coefficient (Wildman–Crippen LogP) is 3.62. The van der Waals surface area contributed by atoms with E-state index in [1.807, 2.05) is 88.4 Å². The Labute approximate surface area is 183 Å². The first kappa shape index (κ1) is 21.5. The van der Waals surface area contributed by atoms with Crippen LogP contribution in [0.1, 0.15) is 45.2 Å². The molecule has 2 heterocycles. The number of carbonyl (C=O) groups is 2. The standard InChI is InChI=1S/C25H30N2O4/c1-22(2)24(30-22,18-13-9-7-10-14-18)27(21(29)17-20(28)26(5)6)25(23(3,4)31-25)19-15-11-8-12-16-19/h7-16H,17H2,1-6H3. The van der Waals surface area contributed by atoms with E-state index in [9.17, 15) is 9.59 Å². The summed E-state index contributed by atoms with van der Waals surface area (Å²) in [6.45, 7) is 7.84. The van der Waals surface area contributed by atoms with Crippen molar-refractivity contribution in [1.29, 1.82) is 0 Å². The lowest BCUT2D eigenvalue weighted by molar-refractivity contribution is -0.153. The number of carbonyl (C=O) groups excluding carboxylic acids is 2. The van der Waals surface area contributed by atoms with Crippen LogP contribution in [0.2, 0.25) is 0 Å². The number of amides is 2. The van der Waals surface area contributed by atoms with Gasteiger partial charge in [-0.15, -0.1) is 0 Å². The highest BCUT2D eigenvalue weighted by Crippen LogP contribution is 2.68. The van der Waals surface area contributed by atoms with Gasteiger partial charge in [-0.1, -0.05) is 60.7 Å². The van der Waals surface area contributed by atoms with Crippen molar-refractivity contribution >= 4 is 11.8 Å². The van der Waals surface area contributed by atoms with Gasteiger partial charge in [0.15, 0.2) is 0 Å². The van der Waals surface area contributed by atoms with Gasteiger partial charge in [-0.3, -0.25) is 14.5 Å². The topological polar surface area (TPSA) is 65.7 Å². The van der Waals surface area contributed by atoms with Crippen LogP contribution in [0, 0.1) is 0 Å². The number of epoxide rings is 2. The lowest BCUT2D eigenvalue weighted by Crippen LogP contribution is -2.54. The quantitative estimate of drug-likeness (QED) is 0.527. The van der Waals surface area contributed by atoms with Gasteiger partial charge in [0.2, 0.25) is 23.3 Å². The highest BCUT2D eigenvalue weighted by atomic mass is 16.7. The molecule has 6 nitrogen and oxygen atoms in total. The summed E-state index contributed by atoms with van der Waals surface area (Å²) in [5.41, 5.74) is -1.72. The molecule has 0 radical (unpaired) electrons. The molecule has 0 bridgehead atoms. The number of ether oxygens (including phenoxy) is 2. The fraction of sp³-hybridized carbons (Fsp3) is 0.440. The first-order chi connectivity index (χ1) is 14.5. The van der Waals surface area contributed by atoms with E-state index in [1.54, 1.807) is 19.0 Å². The molecule has 2 unspecified atom stereocenters. The summed E-state index contributed by atoms with van der Waals surface area (Å²) in [4.78, 5) is 29.5. The van der Waals surface area contributed by atoms with Gasteiger partial charge in [0.05, 0.1) is 0 Å². The monoisotopic (exact) mass is 422 g/mol. The molecule has 6 heteroatoms. The summed E-state index contributed by atoms with van der Waals surface area (Å²) < 4.78 is 12.7. The van der Waals surface area contributed by atoms with Crippen LogP contribution in [-0.2, 0) is 30.5 Å². The minimum atomic E-state index is -1.05. The Kier molecular flexibility index (Phi) is 4.79. The first-order valence-electron chi connectivity index (χ1n) is 10.5. The molecule has 4 rings (SSSR count). The SMILES string of the molecule is CN(C)C(=O)CC(=O)N(C1(c2ccccc2)OC1(C)C)C1(c2ccccc2)OC1(C)C. The van der Waals surface area contributed by atoms with Crippen LogP contribution in [0.3, 0.4) is 0 Å². The van der Waals surface area contributed by atoms with Gasteiger partial charge >= 0.3 is 0 Å². The highest BCUT2D eigenvalue weighted by Gasteiger charge is 2.81. The molecule has 0 N–H and O–H groups in total. The lowest BCUT2D eigenvalue weighted by atomic mass is 9.87. The second-order valence-electron chi connectivity index (χ2n) is 9.44. The molecule has 0 aliphatic carbocycles. The lowest BCUT2D eigenvalue weighted by Gasteiger charge is -2.38. The molecule has 31 heavy (non-hydrogen) atoms. The molecule has 2 fully saturated rings. The number of hydrogen-bond donors (Lipinski definition) is 0. The zero-order chi connectivity index (χ0) is 22.7. The Hall–Kier alpha value is -2.70. The Bertz CT molecular complexity index is 937. The molecule has 2 saturated heterocycles. The van der Waals surface area contributed by atoms with E-state index < -0.39 is 22.7 Å². The van der Waals surface area contributed by atoms with E-state index in [0.717, 1.165) is 11.1 Å². The van der Waals surface area contributed by atoms with Crippen molar-refractivity contribution in [2.24, 2.45) is 0 Å². The maximum Gasteiger partial charge on any atom is 0.237 e. The van der Waals surface area contributed by atoms with E-state index in [2.05, 4.69) is 0 Å². The molecule has 2 atom stereocenters. The van der Waals surface area contributed by atoms with Gasteiger partial charge in [0.1, 0.15) is 17.6 Å². The number of nitrogens with zero attached hydrogens (tertiary/aromatic N) is 2. The summed E-state index contributed by atoms with van der Waals surface area (Å²) >= 11 is 0. The third-order valence-corrected chi connectivity index (χ3v) is 6.37. The average Bonchev–Trinajstić information content (AvgIpc) is 3.52. The number of benzene rings is 2. The van der Waals surface area contributed by atoms with Crippen molar-refractivity contribution in [2.45, 2.75) is 56.8 Å². The van der Waals surface area contributed by atoms with Crippen molar-refractivity contribution in [3.8, 4) is 0 Å². The van der Waals surface area contributed by atoms with Crippen LogP contribution >= 0.6 is 0 Å². The maximum atomic E-state index is 13.9. The number of hydrogen-bond acceptors (Lipinski definition) is 4. The maximum absolute atomic E-state index is 13.9. The highest BCUT2D eigenvalue weighted by molar-refractivity contribution is 5.97. The fourth-order valence-corrected chi connectivity index (χ4v) is 4.66. The largest absolute Gasteiger partial charge is 0.348 e. The van der Waals surface area contributed by atoms with Gasteiger partial charge in [-0.05, 0) is 27.7 Å². The van der Waals surface area contributed by atoms with Crippen molar-refractivity contribution in [3.05, 3.63) is 71.8 Å². The average molecular weight is 423 g/mol. The van der Waals surface area contributed by atoms with E-state index in [1.165, 1.54) is 4.90 Å². The molecule has 2 amide bonds. The minimum absolute atomic E-state index is 0.265. The molecule has 2 aromatic carbocycles. The van der Waals surface area contributed by atoms with E-state index in [0.29, 0.717) is 0 Å².